The van der Waals surface area contributed by atoms with Gasteiger partial charge in [-0.1, -0.05) is 11.6 Å². The molecule has 6 nitrogen and oxygen atoms in total. The van der Waals surface area contributed by atoms with E-state index in [-0.39, 0.29) is 30.0 Å². The second kappa shape index (κ2) is 5.68. The van der Waals surface area contributed by atoms with E-state index in [1.807, 2.05) is 0 Å². The van der Waals surface area contributed by atoms with Gasteiger partial charge in [0.1, 0.15) is 6.04 Å². The molecule has 2 unspecified atom stereocenters. The molecule has 20 heavy (non-hydrogen) atoms. The first-order valence-electron chi connectivity index (χ1n) is 6.05. The molecule has 3 N–H and O–H groups in total. The molecule has 0 radical (unpaired) electrons. The van der Waals surface area contributed by atoms with Crippen LogP contribution < -0.4 is 5.73 Å². The van der Waals surface area contributed by atoms with Gasteiger partial charge in [0, 0.05) is 25.6 Å². The van der Waals surface area contributed by atoms with Gasteiger partial charge >= 0.3 is 5.97 Å². The minimum Gasteiger partial charge on any atom is -0.480 e. The van der Waals surface area contributed by atoms with E-state index in [2.05, 4.69) is 0 Å². The van der Waals surface area contributed by atoms with Crippen molar-refractivity contribution in [3.05, 3.63) is 28.8 Å². The third kappa shape index (κ3) is 2.71. The first kappa shape index (κ1) is 14.6. The molecule has 108 valence electrons. The highest BCUT2D eigenvalue weighted by Gasteiger charge is 2.40. The number of carboxylic acid groups (broad SMARTS) is 1. The predicted octanol–water partition coefficient (Wildman–Crippen LogP) is 1.24. The van der Waals surface area contributed by atoms with Crippen LogP contribution >= 0.6 is 11.6 Å². The second-order valence-electron chi connectivity index (χ2n) is 4.64. The molecule has 1 aliphatic rings. The van der Waals surface area contributed by atoms with Crippen molar-refractivity contribution in [2.24, 2.45) is 0 Å². The van der Waals surface area contributed by atoms with Crippen molar-refractivity contribution in [2.45, 2.75) is 18.6 Å². The average molecular weight is 299 g/mol. The molecule has 1 amide bonds. The summed E-state index contributed by atoms with van der Waals surface area (Å²) in [5.74, 6) is -1.43. The number of ether oxygens (including phenoxy) is 1. The summed E-state index contributed by atoms with van der Waals surface area (Å²) >= 11 is 5.88. The van der Waals surface area contributed by atoms with E-state index in [1.165, 1.54) is 30.2 Å². The van der Waals surface area contributed by atoms with E-state index in [1.54, 1.807) is 0 Å². The van der Waals surface area contributed by atoms with E-state index in [0.717, 1.165) is 0 Å². The fourth-order valence-electron chi connectivity index (χ4n) is 2.25. The molecule has 2 rings (SSSR count). The number of rotatable bonds is 3. The number of anilines is 1. The Labute approximate surface area is 121 Å². The van der Waals surface area contributed by atoms with Crippen LogP contribution in [0.3, 0.4) is 0 Å². The minimum atomic E-state index is -1.04. The maximum Gasteiger partial charge on any atom is 0.326 e. The van der Waals surface area contributed by atoms with Crippen LogP contribution in [0.2, 0.25) is 5.02 Å². The third-order valence-corrected chi connectivity index (χ3v) is 3.72. The lowest BCUT2D eigenvalue weighted by Gasteiger charge is -2.21. The summed E-state index contributed by atoms with van der Waals surface area (Å²) in [6, 6.07) is 3.61. The Hall–Kier alpha value is -1.79. The number of halogens is 1. The number of nitrogens with two attached hydrogens (primary N) is 1. The fourth-order valence-corrected chi connectivity index (χ4v) is 2.43. The van der Waals surface area contributed by atoms with Crippen LogP contribution in [0.4, 0.5) is 5.69 Å². The summed E-state index contributed by atoms with van der Waals surface area (Å²) in [6.45, 7) is 0.244. The van der Waals surface area contributed by atoms with Crippen molar-refractivity contribution in [3.63, 3.8) is 0 Å². The summed E-state index contributed by atoms with van der Waals surface area (Å²) in [6.07, 6.45) is 0.00426. The number of hydrogen-bond donors (Lipinski definition) is 2. The number of likely N-dealkylation sites (tertiary alicyclic amines) is 1. The van der Waals surface area contributed by atoms with E-state index >= 15 is 0 Å². The first-order chi connectivity index (χ1) is 9.43. The van der Waals surface area contributed by atoms with Crippen LogP contribution in [-0.4, -0.2) is 47.7 Å². The Balaban J connectivity index is 2.26. The monoisotopic (exact) mass is 298 g/mol. The van der Waals surface area contributed by atoms with E-state index in [4.69, 9.17) is 22.1 Å². The molecule has 7 heteroatoms. The van der Waals surface area contributed by atoms with Gasteiger partial charge in [-0.3, -0.25) is 4.79 Å². The number of amides is 1. The van der Waals surface area contributed by atoms with Crippen molar-refractivity contribution in [1.82, 2.24) is 4.90 Å². The predicted molar refractivity (Wildman–Crippen MR) is 73.7 cm³/mol. The lowest BCUT2D eigenvalue weighted by molar-refractivity contribution is -0.141. The van der Waals surface area contributed by atoms with E-state index in [9.17, 15) is 14.7 Å². The molecule has 1 aromatic rings. The van der Waals surface area contributed by atoms with Crippen LogP contribution in [0.25, 0.3) is 0 Å². The Morgan fingerprint density at radius 2 is 2.20 bits per heavy atom. The zero-order valence-corrected chi connectivity index (χ0v) is 11.6. The topological polar surface area (TPSA) is 92.9 Å². The van der Waals surface area contributed by atoms with Crippen LogP contribution in [0.5, 0.6) is 0 Å². The van der Waals surface area contributed by atoms with Gasteiger partial charge in [-0.15, -0.1) is 0 Å². The maximum absolute atomic E-state index is 12.4. The van der Waals surface area contributed by atoms with Gasteiger partial charge in [-0.05, 0) is 18.2 Å². The molecule has 0 saturated carbocycles. The maximum atomic E-state index is 12.4. The molecule has 1 saturated heterocycles. The van der Waals surface area contributed by atoms with Crippen LogP contribution in [-0.2, 0) is 9.53 Å². The first-order valence-corrected chi connectivity index (χ1v) is 6.43. The van der Waals surface area contributed by atoms with Crippen LogP contribution in [0.1, 0.15) is 16.8 Å². The van der Waals surface area contributed by atoms with Gasteiger partial charge in [-0.2, -0.15) is 0 Å². The molecular weight excluding hydrogens is 284 g/mol. The molecule has 0 spiro atoms. The van der Waals surface area contributed by atoms with Gasteiger partial charge in [0.15, 0.2) is 0 Å². The molecule has 1 fully saturated rings. The average Bonchev–Trinajstić information content (AvgIpc) is 2.85. The highest BCUT2D eigenvalue weighted by molar-refractivity contribution is 6.33. The summed E-state index contributed by atoms with van der Waals surface area (Å²) in [4.78, 5) is 24.9. The quantitative estimate of drug-likeness (QED) is 0.819. The number of methoxy groups -OCH3 is 1. The van der Waals surface area contributed by atoms with Crippen molar-refractivity contribution >= 4 is 29.2 Å². The minimum absolute atomic E-state index is 0.244. The molecule has 1 aromatic carbocycles. The van der Waals surface area contributed by atoms with Crippen molar-refractivity contribution in [1.29, 1.82) is 0 Å². The molecule has 1 aliphatic heterocycles. The van der Waals surface area contributed by atoms with Crippen molar-refractivity contribution in [3.8, 4) is 0 Å². The Kier molecular flexibility index (Phi) is 4.15. The van der Waals surface area contributed by atoms with Crippen molar-refractivity contribution < 1.29 is 19.4 Å². The number of nitrogen functional groups attached to an aromatic ring is 1. The Bertz CT molecular complexity index is 549. The van der Waals surface area contributed by atoms with Gasteiger partial charge in [0.2, 0.25) is 0 Å². The van der Waals surface area contributed by atoms with E-state index in [0.29, 0.717) is 11.3 Å². The molecule has 0 aliphatic carbocycles. The highest BCUT2D eigenvalue weighted by Crippen LogP contribution is 2.25. The fraction of sp³-hybridized carbons (Fsp3) is 0.385. The van der Waals surface area contributed by atoms with Gasteiger partial charge in [-0.25, -0.2) is 4.79 Å². The Morgan fingerprint density at radius 1 is 1.50 bits per heavy atom. The third-order valence-electron chi connectivity index (χ3n) is 3.39. The lowest BCUT2D eigenvalue weighted by Crippen LogP contribution is -2.40. The standard InChI is InChI=1S/C13H15ClN2O4/c1-20-8-5-11(13(18)19)16(6-8)12(17)7-2-3-10(15)9(14)4-7/h2-4,8,11H,5-6,15H2,1H3,(H,18,19). The van der Waals surface area contributed by atoms with Gasteiger partial charge in [0.05, 0.1) is 16.8 Å². The number of benzene rings is 1. The van der Waals surface area contributed by atoms with E-state index < -0.39 is 12.0 Å². The summed E-state index contributed by atoms with van der Waals surface area (Å²) in [5.41, 5.74) is 6.27. The summed E-state index contributed by atoms with van der Waals surface area (Å²) in [5, 5.41) is 9.46. The van der Waals surface area contributed by atoms with Gasteiger partial charge in [0.25, 0.3) is 5.91 Å². The number of carbonyl (C=O) groups is 2. The van der Waals surface area contributed by atoms with Crippen molar-refractivity contribution in [2.75, 3.05) is 19.4 Å². The van der Waals surface area contributed by atoms with Crippen LogP contribution in [0.15, 0.2) is 18.2 Å². The number of aliphatic carboxylic acids is 1. The molecule has 2 atom stereocenters. The summed E-state index contributed by atoms with van der Waals surface area (Å²) in [7, 11) is 1.50. The highest BCUT2D eigenvalue weighted by atomic mass is 35.5. The normalized spacial score (nSPS) is 22.0. The number of carboxylic acids is 1. The zero-order chi connectivity index (χ0) is 14.9. The largest absolute Gasteiger partial charge is 0.480 e. The molecule has 0 bridgehead atoms. The Morgan fingerprint density at radius 3 is 2.75 bits per heavy atom. The number of hydrogen-bond acceptors (Lipinski definition) is 4. The number of carbonyl (C=O) groups excluding carboxylic acids is 1. The summed E-state index contributed by atoms with van der Waals surface area (Å²) < 4.78 is 5.15. The van der Waals surface area contributed by atoms with Crippen LogP contribution in [0, 0.1) is 0 Å². The second-order valence-corrected chi connectivity index (χ2v) is 5.05. The zero-order valence-electron chi connectivity index (χ0n) is 10.9. The molecule has 0 aromatic heterocycles. The molecule has 1 heterocycles. The smallest absolute Gasteiger partial charge is 0.326 e. The SMILES string of the molecule is COC1CC(C(=O)O)N(C(=O)c2ccc(N)c(Cl)c2)C1. The lowest BCUT2D eigenvalue weighted by atomic mass is 10.1. The number of nitrogens with zero attached hydrogens (tertiary/aromatic N) is 1. The van der Waals surface area contributed by atoms with Gasteiger partial charge < -0.3 is 20.5 Å². The molecular formula is C13H15ClN2O4.